The quantitative estimate of drug-likeness (QED) is 0.476. The summed E-state index contributed by atoms with van der Waals surface area (Å²) >= 11 is 0. The highest BCUT2D eigenvalue weighted by Crippen LogP contribution is 2.25. The minimum atomic E-state index is -3.59. The first-order valence-electron chi connectivity index (χ1n) is 10.1. The van der Waals surface area contributed by atoms with Crippen molar-refractivity contribution >= 4 is 19.9 Å². The monoisotopic (exact) mass is 475 g/mol. The average Bonchev–Trinajstić information content (AvgIpc) is 2.74. The predicted octanol–water partition coefficient (Wildman–Crippen LogP) is 4.64. The van der Waals surface area contributed by atoms with Gasteiger partial charge in [-0.2, -0.15) is 4.31 Å². The molecule has 3 aromatic carbocycles. The average molecular weight is 476 g/mol. The summed E-state index contributed by atoms with van der Waals surface area (Å²) in [6, 6.07) is 19.8. The number of hydrogen-bond acceptors (Lipinski definition) is 4. The molecule has 0 bridgehead atoms. The Bertz CT molecular complexity index is 1300. The first kappa shape index (κ1) is 24.1. The van der Waals surface area contributed by atoms with Gasteiger partial charge in [-0.05, 0) is 66.4 Å². The molecule has 0 spiro atoms. The van der Waals surface area contributed by atoms with E-state index in [0.717, 1.165) is 22.9 Å². The lowest BCUT2D eigenvalue weighted by Gasteiger charge is -2.25. The molecule has 32 heavy (non-hydrogen) atoms. The van der Waals surface area contributed by atoms with Gasteiger partial charge in [-0.1, -0.05) is 42.5 Å². The van der Waals surface area contributed by atoms with Gasteiger partial charge in [0.05, 0.1) is 10.1 Å². The summed E-state index contributed by atoms with van der Waals surface area (Å²) < 4.78 is 64.5. The van der Waals surface area contributed by atoms with Crippen LogP contribution in [0.25, 0.3) is 11.1 Å². The van der Waals surface area contributed by atoms with Gasteiger partial charge < -0.3 is 0 Å². The van der Waals surface area contributed by atoms with Gasteiger partial charge in [0.25, 0.3) is 0 Å². The molecule has 0 aromatic heterocycles. The van der Waals surface area contributed by atoms with Crippen LogP contribution in [0.5, 0.6) is 0 Å². The molecule has 0 radical (unpaired) electrons. The number of rotatable bonds is 8. The Hall–Kier alpha value is -2.55. The lowest BCUT2D eigenvalue weighted by Crippen LogP contribution is -2.35. The molecule has 0 unspecified atom stereocenters. The summed E-state index contributed by atoms with van der Waals surface area (Å²) in [5, 5.41) is -0.613. The third kappa shape index (κ3) is 5.82. The Morgan fingerprint density at radius 1 is 0.781 bits per heavy atom. The van der Waals surface area contributed by atoms with Crippen LogP contribution < -0.4 is 0 Å². The van der Waals surface area contributed by atoms with E-state index >= 15 is 0 Å². The van der Waals surface area contributed by atoms with Crippen LogP contribution in [0, 0.1) is 5.82 Å². The highest BCUT2D eigenvalue weighted by atomic mass is 32.2. The maximum atomic E-state index is 13.3. The smallest absolute Gasteiger partial charge is 0.217 e. The van der Waals surface area contributed by atoms with Crippen molar-refractivity contribution in [1.82, 2.24) is 4.31 Å². The van der Waals surface area contributed by atoms with Crippen LogP contribution in [0.2, 0.25) is 0 Å². The third-order valence-corrected chi connectivity index (χ3v) is 8.39. The lowest BCUT2D eigenvalue weighted by molar-refractivity contribution is 0.396. The van der Waals surface area contributed by atoms with Crippen molar-refractivity contribution in [3.05, 3.63) is 89.7 Å². The molecule has 3 rings (SSSR count). The van der Waals surface area contributed by atoms with Crippen molar-refractivity contribution in [3.63, 3.8) is 0 Å². The van der Waals surface area contributed by atoms with Crippen molar-refractivity contribution in [2.24, 2.45) is 0 Å². The Labute approximate surface area is 189 Å². The second kappa shape index (κ2) is 9.52. The second-order valence-electron chi connectivity index (χ2n) is 7.99. The van der Waals surface area contributed by atoms with Crippen LogP contribution in [-0.2, 0) is 33.0 Å². The number of sulfonamides is 1. The van der Waals surface area contributed by atoms with Gasteiger partial charge >= 0.3 is 0 Å². The van der Waals surface area contributed by atoms with Crippen molar-refractivity contribution in [2.75, 3.05) is 6.26 Å². The Balaban J connectivity index is 1.94. The van der Waals surface area contributed by atoms with E-state index in [4.69, 9.17) is 0 Å². The summed E-state index contributed by atoms with van der Waals surface area (Å²) in [4.78, 5) is 0.223. The van der Waals surface area contributed by atoms with E-state index in [0.29, 0.717) is 5.56 Å². The minimum absolute atomic E-state index is 0.120. The molecule has 0 fully saturated rings. The van der Waals surface area contributed by atoms with Crippen molar-refractivity contribution in [3.8, 4) is 11.1 Å². The SMILES string of the molecule is CC(C)S(=O)(=O)N(Cc1ccc(F)cc1)Cc1cccc(-c2cccc(S(C)(=O)=O)c2)c1. The zero-order chi connectivity index (χ0) is 23.5. The molecule has 8 heteroatoms. The highest BCUT2D eigenvalue weighted by Gasteiger charge is 2.26. The molecule has 0 aliphatic heterocycles. The van der Waals surface area contributed by atoms with Crippen LogP contribution in [0.3, 0.4) is 0 Å². The van der Waals surface area contributed by atoms with Gasteiger partial charge in [0.2, 0.25) is 10.0 Å². The molecule has 0 amide bonds. The predicted molar refractivity (Wildman–Crippen MR) is 125 cm³/mol. The number of halogens is 1. The number of benzene rings is 3. The van der Waals surface area contributed by atoms with Crippen LogP contribution in [0.15, 0.2) is 77.7 Å². The summed E-state index contributed by atoms with van der Waals surface area (Å²) in [5.41, 5.74) is 2.97. The maximum absolute atomic E-state index is 13.3. The normalized spacial score (nSPS) is 12.4. The fraction of sp³-hybridized carbons (Fsp3) is 0.250. The van der Waals surface area contributed by atoms with Gasteiger partial charge in [-0.15, -0.1) is 0 Å². The molecular weight excluding hydrogens is 449 g/mol. The largest absolute Gasteiger partial charge is 0.224 e. The molecule has 0 atom stereocenters. The Kier molecular flexibility index (Phi) is 7.17. The zero-order valence-corrected chi connectivity index (χ0v) is 19.8. The molecular formula is C24H26FNO4S2. The third-order valence-electron chi connectivity index (χ3n) is 5.11. The second-order valence-corrected chi connectivity index (χ2v) is 12.5. The standard InChI is InChI=1S/C24H26FNO4S2/c1-18(2)32(29,30)26(16-19-10-12-23(25)13-11-19)17-20-6-4-7-21(14-20)22-8-5-9-24(15-22)31(3,27)28/h4-15,18H,16-17H2,1-3H3. The summed E-state index contributed by atoms with van der Waals surface area (Å²) in [7, 11) is -6.93. The van der Waals surface area contributed by atoms with E-state index in [-0.39, 0.29) is 23.8 Å². The highest BCUT2D eigenvalue weighted by molar-refractivity contribution is 7.90. The van der Waals surface area contributed by atoms with Gasteiger partial charge in [0, 0.05) is 19.3 Å². The fourth-order valence-corrected chi connectivity index (χ4v) is 5.21. The first-order valence-corrected chi connectivity index (χ1v) is 13.5. The Morgan fingerprint density at radius 2 is 1.34 bits per heavy atom. The van der Waals surface area contributed by atoms with Crippen molar-refractivity contribution < 1.29 is 21.2 Å². The van der Waals surface area contributed by atoms with E-state index < -0.39 is 25.1 Å². The first-order chi connectivity index (χ1) is 15.0. The Morgan fingerprint density at radius 3 is 1.94 bits per heavy atom. The fourth-order valence-electron chi connectivity index (χ4n) is 3.29. The number of nitrogens with zero attached hydrogens (tertiary/aromatic N) is 1. The van der Waals surface area contributed by atoms with E-state index in [1.165, 1.54) is 16.4 Å². The molecule has 5 nitrogen and oxygen atoms in total. The number of sulfone groups is 1. The summed E-state index contributed by atoms with van der Waals surface area (Å²) in [5.74, 6) is -0.379. The van der Waals surface area contributed by atoms with Gasteiger partial charge in [0.15, 0.2) is 9.84 Å². The maximum Gasteiger partial charge on any atom is 0.217 e. The molecule has 170 valence electrons. The van der Waals surface area contributed by atoms with Gasteiger partial charge in [-0.25, -0.2) is 21.2 Å². The van der Waals surface area contributed by atoms with Crippen LogP contribution in [0.1, 0.15) is 25.0 Å². The molecule has 0 heterocycles. The molecule has 0 saturated carbocycles. The van der Waals surface area contributed by atoms with Gasteiger partial charge in [0.1, 0.15) is 5.82 Å². The van der Waals surface area contributed by atoms with E-state index in [1.807, 2.05) is 30.3 Å². The molecule has 0 N–H and O–H groups in total. The van der Waals surface area contributed by atoms with Gasteiger partial charge in [-0.3, -0.25) is 0 Å². The summed E-state index contributed by atoms with van der Waals surface area (Å²) in [6.45, 7) is 3.51. The van der Waals surface area contributed by atoms with E-state index in [1.54, 1.807) is 44.2 Å². The zero-order valence-electron chi connectivity index (χ0n) is 18.2. The van der Waals surface area contributed by atoms with Crippen LogP contribution >= 0.6 is 0 Å². The minimum Gasteiger partial charge on any atom is -0.224 e. The van der Waals surface area contributed by atoms with E-state index in [9.17, 15) is 21.2 Å². The number of hydrogen-bond donors (Lipinski definition) is 0. The van der Waals surface area contributed by atoms with Crippen LogP contribution in [-0.4, -0.2) is 32.6 Å². The molecule has 0 saturated heterocycles. The van der Waals surface area contributed by atoms with Crippen molar-refractivity contribution in [1.29, 1.82) is 0 Å². The van der Waals surface area contributed by atoms with Crippen LogP contribution in [0.4, 0.5) is 4.39 Å². The van der Waals surface area contributed by atoms with Crippen molar-refractivity contribution in [2.45, 2.75) is 37.1 Å². The summed E-state index contributed by atoms with van der Waals surface area (Å²) in [6.07, 6.45) is 1.16. The molecule has 0 aliphatic rings. The topological polar surface area (TPSA) is 71.5 Å². The lowest BCUT2D eigenvalue weighted by atomic mass is 10.0. The molecule has 3 aromatic rings. The molecule has 0 aliphatic carbocycles. The van der Waals surface area contributed by atoms with E-state index in [2.05, 4.69) is 0 Å².